The number of nitrogens with zero attached hydrogens (tertiary/aromatic N) is 3. The van der Waals surface area contributed by atoms with E-state index in [1.165, 1.54) is 76.4 Å². The molecule has 3 fully saturated rings. The van der Waals surface area contributed by atoms with Crippen LogP contribution in [0.3, 0.4) is 0 Å². The van der Waals surface area contributed by atoms with Gasteiger partial charge in [-0.3, -0.25) is 4.98 Å². The van der Waals surface area contributed by atoms with Gasteiger partial charge in [0.2, 0.25) is 0 Å². The van der Waals surface area contributed by atoms with E-state index in [4.69, 9.17) is 9.47 Å². The molecular formula is C23H38BN3O2. The second kappa shape index (κ2) is 10.7. The Balaban J connectivity index is 1.18. The first-order chi connectivity index (χ1) is 14.3. The quantitative estimate of drug-likeness (QED) is 0.627. The highest BCUT2D eigenvalue weighted by atomic mass is 16.5. The Morgan fingerprint density at radius 2 is 1.79 bits per heavy atom. The number of ether oxygens (including phenoxy) is 2. The van der Waals surface area contributed by atoms with Gasteiger partial charge in [0.15, 0.2) is 7.98 Å². The summed E-state index contributed by atoms with van der Waals surface area (Å²) in [5.41, 5.74) is 1.21. The van der Waals surface area contributed by atoms with E-state index in [0.717, 1.165) is 38.0 Å². The third-order valence-electron chi connectivity index (χ3n) is 7.22. The van der Waals surface area contributed by atoms with E-state index < -0.39 is 0 Å². The van der Waals surface area contributed by atoms with Crippen LogP contribution < -0.4 is 9.64 Å². The van der Waals surface area contributed by atoms with E-state index in [0.29, 0.717) is 12.1 Å². The van der Waals surface area contributed by atoms with Gasteiger partial charge in [-0.2, -0.15) is 0 Å². The zero-order chi connectivity index (χ0) is 19.9. The second-order valence-corrected chi connectivity index (χ2v) is 9.32. The number of aromatic nitrogens is 1. The van der Waals surface area contributed by atoms with Crippen molar-refractivity contribution in [3.8, 4) is 5.75 Å². The van der Waals surface area contributed by atoms with Crippen LogP contribution >= 0.6 is 0 Å². The first-order valence-corrected chi connectivity index (χ1v) is 11.9. The minimum absolute atomic E-state index is 0.543. The number of hydrogen-bond acceptors (Lipinski definition) is 5. The first kappa shape index (κ1) is 21.0. The summed E-state index contributed by atoms with van der Waals surface area (Å²) < 4.78 is 12.2. The smallest absolute Gasteiger partial charge is 0.185 e. The Labute approximate surface area is 177 Å². The molecule has 1 saturated carbocycles. The lowest BCUT2D eigenvalue weighted by atomic mass is 9.93. The molecule has 160 valence electrons. The fourth-order valence-electron chi connectivity index (χ4n) is 5.15. The molecule has 0 unspecified atom stereocenters. The van der Waals surface area contributed by atoms with Crippen molar-refractivity contribution in [3.05, 3.63) is 18.5 Å². The Hall–Kier alpha value is -1.27. The Bertz CT molecular complexity index is 618. The number of pyridine rings is 1. The maximum Gasteiger partial charge on any atom is 0.185 e. The monoisotopic (exact) mass is 399 g/mol. The highest BCUT2D eigenvalue weighted by Crippen LogP contribution is 2.28. The van der Waals surface area contributed by atoms with E-state index >= 15 is 0 Å². The van der Waals surface area contributed by atoms with Gasteiger partial charge in [-0.25, -0.2) is 0 Å². The molecule has 0 spiro atoms. The molecule has 4 rings (SSSR count). The molecule has 6 heteroatoms. The van der Waals surface area contributed by atoms with E-state index in [-0.39, 0.29) is 0 Å². The van der Waals surface area contributed by atoms with Gasteiger partial charge < -0.3 is 19.2 Å². The van der Waals surface area contributed by atoms with Crippen LogP contribution in [0.15, 0.2) is 18.5 Å². The topological polar surface area (TPSA) is 37.8 Å². The molecule has 3 aliphatic rings. The molecule has 5 nitrogen and oxygen atoms in total. The van der Waals surface area contributed by atoms with Crippen LogP contribution in [-0.2, 0) is 4.74 Å². The van der Waals surface area contributed by atoms with E-state index in [9.17, 15) is 0 Å². The van der Waals surface area contributed by atoms with E-state index in [2.05, 4.69) is 28.7 Å². The number of piperidine rings is 1. The highest BCUT2D eigenvalue weighted by molar-refractivity contribution is 6.04. The number of hydrogen-bond donors (Lipinski definition) is 0. The minimum atomic E-state index is 0.543. The summed E-state index contributed by atoms with van der Waals surface area (Å²) in [5, 5.41) is 0. The third kappa shape index (κ3) is 6.11. The van der Waals surface area contributed by atoms with E-state index in [1.807, 2.05) is 12.4 Å². The van der Waals surface area contributed by atoms with E-state index in [1.54, 1.807) is 0 Å². The van der Waals surface area contributed by atoms with Gasteiger partial charge in [-0.1, -0.05) is 19.3 Å². The number of anilines is 1. The molecule has 0 aromatic carbocycles. The largest absolute Gasteiger partial charge is 0.490 e. The van der Waals surface area contributed by atoms with Crippen LogP contribution in [-0.4, -0.2) is 62.8 Å². The zero-order valence-corrected chi connectivity index (χ0v) is 18.2. The summed E-state index contributed by atoms with van der Waals surface area (Å²) >= 11 is 0. The van der Waals surface area contributed by atoms with Crippen LogP contribution in [0, 0.1) is 5.92 Å². The van der Waals surface area contributed by atoms with Gasteiger partial charge in [0.1, 0.15) is 12.4 Å². The number of rotatable bonds is 8. The molecule has 0 amide bonds. The molecular weight excluding hydrogens is 361 g/mol. The molecule has 3 heterocycles. The van der Waals surface area contributed by atoms with Crippen LogP contribution in [0.25, 0.3) is 0 Å². The Morgan fingerprint density at radius 1 is 0.966 bits per heavy atom. The predicted molar refractivity (Wildman–Crippen MR) is 120 cm³/mol. The van der Waals surface area contributed by atoms with Crippen molar-refractivity contribution in [2.75, 3.05) is 37.7 Å². The summed E-state index contributed by atoms with van der Waals surface area (Å²) in [6.07, 6.45) is 17.3. The highest BCUT2D eigenvalue weighted by Gasteiger charge is 2.22. The van der Waals surface area contributed by atoms with Gasteiger partial charge in [0.05, 0.1) is 24.2 Å². The third-order valence-corrected chi connectivity index (χ3v) is 7.22. The SMILES string of the molecule is BN1CCC[C@H]1COc1cncc(N2CCC(CCOC3CCCCC3)CC2)c1. The molecule has 1 aliphatic carbocycles. The van der Waals surface area contributed by atoms with Crippen molar-refractivity contribution in [1.29, 1.82) is 0 Å². The molecule has 2 saturated heterocycles. The summed E-state index contributed by atoms with van der Waals surface area (Å²) in [6, 6.07) is 2.72. The normalized spacial score (nSPS) is 24.8. The Kier molecular flexibility index (Phi) is 7.72. The van der Waals surface area contributed by atoms with Crippen molar-refractivity contribution >= 4 is 13.7 Å². The predicted octanol–water partition coefficient (Wildman–Crippen LogP) is 3.43. The molecule has 1 atom stereocenters. The summed E-state index contributed by atoms with van der Waals surface area (Å²) in [5.74, 6) is 1.71. The van der Waals surface area contributed by atoms with Crippen molar-refractivity contribution < 1.29 is 9.47 Å². The van der Waals surface area contributed by atoms with Crippen LogP contribution in [0.4, 0.5) is 5.69 Å². The Morgan fingerprint density at radius 3 is 2.55 bits per heavy atom. The summed E-state index contributed by atoms with van der Waals surface area (Å²) in [7, 11) is 2.19. The molecule has 1 aromatic rings. The van der Waals surface area contributed by atoms with Gasteiger partial charge in [-0.05, 0) is 57.4 Å². The van der Waals surface area contributed by atoms with Crippen molar-refractivity contribution in [1.82, 2.24) is 9.79 Å². The fraction of sp³-hybridized carbons (Fsp3) is 0.783. The maximum atomic E-state index is 6.15. The van der Waals surface area contributed by atoms with Crippen LogP contribution in [0.2, 0.25) is 0 Å². The maximum absolute atomic E-state index is 6.15. The van der Waals surface area contributed by atoms with Crippen LogP contribution in [0.1, 0.15) is 64.2 Å². The van der Waals surface area contributed by atoms with Crippen molar-refractivity contribution in [2.24, 2.45) is 5.92 Å². The summed E-state index contributed by atoms with van der Waals surface area (Å²) in [6.45, 7) is 5.14. The van der Waals surface area contributed by atoms with Gasteiger partial charge in [0.25, 0.3) is 0 Å². The second-order valence-electron chi connectivity index (χ2n) is 9.32. The average Bonchev–Trinajstić information content (AvgIpc) is 3.18. The molecule has 0 radical (unpaired) electrons. The van der Waals surface area contributed by atoms with Crippen molar-refractivity contribution in [2.45, 2.75) is 76.4 Å². The minimum Gasteiger partial charge on any atom is -0.490 e. The first-order valence-electron chi connectivity index (χ1n) is 11.9. The summed E-state index contributed by atoms with van der Waals surface area (Å²) in [4.78, 5) is 9.32. The molecule has 1 aromatic heterocycles. The van der Waals surface area contributed by atoms with Crippen LogP contribution in [0.5, 0.6) is 5.75 Å². The lowest BCUT2D eigenvalue weighted by Gasteiger charge is -2.34. The van der Waals surface area contributed by atoms with Gasteiger partial charge in [-0.15, -0.1) is 0 Å². The van der Waals surface area contributed by atoms with Gasteiger partial charge in [0, 0.05) is 31.8 Å². The molecule has 2 aliphatic heterocycles. The standard InChI is InChI=1S/C23H38BN3O2/c24-27-11-4-5-20(27)18-29-23-15-21(16-25-17-23)26-12-8-19(9-13-26)10-14-28-22-6-2-1-3-7-22/h15-17,19-20,22H,1-14,18,24H2/t20-/m0/s1. The molecule has 0 N–H and O–H groups in total. The lowest BCUT2D eigenvalue weighted by molar-refractivity contribution is 0.0199. The molecule has 0 bridgehead atoms. The van der Waals surface area contributed by atoms with Gasteiger partial charge >= 0.3 is 0 Å². The average molecular weight is 399 g/mol. The van der Waals surface area contributed by atoms with Crippen molar-refractivity contribution in [3.63, 3.8) is 0 Å². The fourth-order valence-corrected chi connectivity index (χ4v) is 5.15. The lowest BCUT2D eigenvalue weighted by Crippen LogP contribution is -2.34. The zero-order valence-electron chi connectivity index (χ0n) is 18.2. The molecule has 29 heavy (non-hydrogen) atoms.